The largest absolute Gasteiger partial charge is 0.464 e. The summed E-state index contributed by atoms with van der Waals surface area (Å²) in [7, 11) is 0. The molecule has 2 fully saturated rings. The summed E-state index contributed by atoms with van der Waals surface area (Å²) < 4.78 is 18.6. The Bertz CT molecular complexity index is 519. The topological polar surface area (TPSA) is 38.3 Å². The van der Waals surface area contributed by atoms with Gasteiger partial charge < -0.3 is 10.1 Å². The number of carbonyl (C=O) groups excluding carboxylic acids is 1. The summed E-state index contributed by atoms with van der Waals surface area (Å²) >= 11 is 0. The highest BCUT2D eigenvalue weighted by molar-refractivity contribution is 5.86. The molecular formula is C16H20FNO2. The lowest BCUT2D eigenvalue weighted by Gasteiger charge is -2.37. The lowest BCUT2D eigenvalue weighted by Crippen LogP contribution is -2.51. The molecule has 0 saturated heterocycles. The summed E-state index contributed by atoms with van der Waals surface area (Å²) in [5.74, 6) is 0.411. The van der Waals surface area contributed by atoms with Crippen molar-refractivity contribution in [3.05, 3.63) is 30.1 Å². The van der Waals surface area contributed by atoms with E-state index in [1.807, 2.05) is 6.92 Å². The average Bonchev–Trinajstić information content (AvgIpc) is 3.00. The van der Waals surface area contributed by atoms with Gasteiger partial charge in [0.15, 0.2) is 0 Å². The molecule has 3 unspecified atom stereocenters. The molecule has 1 N–H and O–H groups in total. The van der Waals surface area contributed by atoms with Crippen molar-refractivity contribution in [3.63, 3.8) is 0 Å². The van der Waals surface area contributed by atoms with Gasteiger partial charge in [0.1, 0.15) is 11.4 Å². The number of fused-ring (bicyclic) bond motifs is 2. The average molecular weight is 277 g/mol. The highest BCUT2D eigenvalue weighted by Crippen LogP contribution is 2.52. The molecule has 0 heterocycles. The van der Waals surface area contributed by atoms with Crippen molar-refractivity contribution in [1.82, 2.24) is 0 Å². The monoisotopic (exact) mass is 277 g/mol. The maximum absolute atomic E-state index is 13.3. The standard InChI is InChI=1S/C16H20FNO2/c1-2-20-15(19)16(10-11-6-7-12(16)8-11)18-14-5-3-4-13(17)9-14/h3-5,9,11-12,18H,2,6-8,10H2,1H3. The fraction of sp³-hybridized carbons (Fsp3) is 0.562. The van der Waals surface area contributed by atoms with Gasteiger partial charge in [0.2, 0.25) is 0 Å². The van der Waals surface area contributed by atoms with Crippen LogP contribution in [-0.4, -0.2) is 18.1 Å². The van der Waals surface area contributed by atoms with Gasteiger partial charge in [-0.15, -0.1) is 0 Å². The molecule has 108 valence electrons. The predicted octanol–water partition coefficient (Wildman–Crippen LogP) is 3.36. The van der Waals surface area contributed by atoms with Crippen LogP contribution in [0.2, 0.25) is 0 Å². The number of nitrogens with one attached hydrogen (secondary N) is 1. The molecule has 20 heavy (non-hydrogen) atoms. The number of hydrogen-bond donors (Lipinski definition) is 1. The Morgan fingerprint density at radius 1 is 1.50 bits per heavy atom. The Morgan fingerprint density at radius 2 is 2.35 bits per heavy atom. The van der Waals surface area contributed by atoms with E-state index >= 15 is 0 Å². The highest BCUT2D eigenvalue weighted by atomic mass is 19.1. The molecule has 0 aromatic heterocycles. The predicted molar refractivity (Wildman–Crippen MR) is 74.8 cm³/mol. The zero-order valence-electron chi connectivity index (χ0n) is 11.7. The Kier molecular flexibility index (Phi) is 3.40. The van der Waals surface area contributed by atoms with Gasteiger partial charge in [0.25, 0.3) is 0 Å². The Morgan fingerprint density at radius 3 is 2.95 bits per heavy atom. The van der Waals surface area contributed by atoms with Crippen molar-refractivity contribution in [1.29, 1.82) is 0 Å². The van der Waals surface area contributed by atoms with Gasteiger partial charge in [-0.25, -0.2) is 9.18 Å². The minimum atomic E-state index is -0.660. The minimum absolute atomic E-state index is 0.184. The maximum Gasteiger partial charge on any atom is 0.332 e. The fourth-order valence-electron chi connectivity index (χ4n) is 3.87. The molecule has 0 spiro atoms. The summed E-state index contributed by atoms with van der Waals surface area (Å²) in [5, 5.41) is 3.30. The summed E-state index contributed by atoms with van der Waals surface area (Å²) in [5.41, 5.74) is -0.00203. The molecule has 3 rings (SSSR count). The molecule has 1 aromatic carbocycles. The van der Waals surface area contributed by atoms with Crippen LogP contribution in [0.25, 0.3) is 0 Å². The molecule has 4 heteroatoms. The number of ether oxygens (including phenoxy) is 1. The van der Waals surface area contributed by atoms with E-state index in [0.29, 0.717) is 24.1 Å². The van der Waals surface area contributed by atoms with Gasteiger partial charge in [-0.1, -0.05) is 6.07 Å². The summed E-state index contributed by atoms with van der Waals surface area (Å²) in [6.07, 6.45) is 4.11. The van der Waals surface area contributed by atoms with Crippen molar-refractivity contribution in [2.24, 2.45) is 11.8 Å². The third-order valence-electron chi connectivity index (χ3n) is 4.68. The first-order valence-electron chi connectivity index (χ1n) is 7.35. The van der Waals surface area contributed by atoms with Gasteiger partial charge in [-0.3, -0.25) is 0 Å². The van der Waals surface area contributed by atoms with E-state index in [1.165, 1.54) is 18.6 Å². The van der Waals surface area contributed by atoms with Crippen LogP contribution < -0.4 is 5.32 Å². The van der Waals surface area contributed by atoms with E-state index in [2.05, 4.69) is 5.32 Å². The first kappa shape index (κ1) is 13.4. The molecule has 0 radical (unpaired) electrons. The van der Waals surface area contributed by atoms with E-state index < -0.39 is 5.54 Å². The van der Waals surface area contributed by atoms with Crippen LogP contribution >= 0.6 is 0 Å². The molecule has 2 aliphatic rings. The summed E-state index contributed by atoms with van der Waals surface area (Å²) in [6, 6.07) is 6.30. The van der Waals surface area contributed by atoms with Crippen LogP contribution in [0.4, 0.5) is 10.1 Å². The SMILES string of the molecule is CCOC(=O)C1(Nc2cccc(F)c2)CC2CCC1C2. The third kappa shape index (κ3) is 2.17. The fourth-order valence-corrected chi connectivity index (χ4v) is 3.87. The molecule has 2 bridgehead atoms. The first-order valence-corrected chi connectivity index (χ1v) is 7.35. The van der Waals surface area contributed by atoms with Gasteiger partial charge in [-0.2, -0.15) is 0 Å². The second-order valence-corrected chi connectivity index (χ2v) is 5.91. The molecule has 0 amide bonds. The number of rotatable bonds is 4. The quantitative estimate of drug-likeness (QED) is 0.858. The van der Waals surface area contributed by atoms with Crippen LogP contribution in [0.5, 0.6) is 0 Å². The number of esters is 1. The normalized spacial score (nSPS) is 31.3. The van der Waals surface area contributed by atoms with Gasteiger partial charge in [0.05, 0.1) is 6.61 Å². The Hall–Kier alpha value is -1.58. The van der Waals surface area contributed by atoms with E-state index in [4.69, 9.17) is 4.74 Å². The summed E-state index contributed by atoms with van der Waals surface area (Å²) in [6.45, 7) is 2.20. The number of halogens is 1. The van der Waals surface area contributed by atoms with Crippen molar-refractivity contribution >= 4 is 11.7 Å². The lowest BCUT2D eigenvalue weighted by atomic mass is 9.80. The summed E-state index contributed by atoms with van der Waals surface area (Å²) in [4.78, 5) is 12.5. The molecule has 3 nitrogen and oxygen atoms in total. The number of carbonyl (C=O) groups is 1. The zero-order valence-corrected chi connectivity index (χ0v) is 11.7. The smallest absolute Gasteiger partial charge is 0.332 e. The van der Waals surface area contributed by atoms with Gasteiger partial charge in [-0.05, 0) is 62.6 Å². The van der Waals surface area contributed by atoms with Crippen molar-refractivity contribution < 1.29 is 13.9 Å². The highest BCUT2D eigenvalue weighted by Gasteiger charge is 2.56. The van der Waals surface area contributed by atoms with Crippen LogP contribution in [-0.2, 0) is 9.53 Å². The molecular weight excluding hydrogens is 257 g/mol. The molecule has 2 aliphatic carbocycles. The number of benzene rings is 1. The second kappa shape index (κ2) is 5.08. The molecule has 2 saturated carbocycles. The maximum atomic E-state index is 13.3. The Labute approximate surface area is 118 Å². The van der Waals surface area contributed by atoms with Crippen molar-refractivity contribution in [3.8, 4) is 0 Å². The first-order chi connectivity index (χ1) is 9.64. The minimum Gasteiger partial charge on any atom is -0.464 e. The van der Waals surface area contributed by atoms with Crippen LogP contribution in [0.1, 0.15) is 32.6 Å². The van der Waals surface area contributed by atoms with Crippen molar-refractivity contribution in [2.45, 2.75) is 38.1 Å². The number of anilines is 1. The Balaban J connectivity index is 1.89. The molecule has 1 aromatic rings. The van der Waals surface area contributed by atoms with E-state index in [0.717, 1.165) is 19.3 Å². The van der Waals surface area contributed by atoms with Crippen LogP contribution in [0.3, 0.4) is 0 Å². The number of hydrogen-bond acceptors (Lipinski definition) is 3. The van der Waals surface area contributed by atoms with Crippen molar-refractivity contribution in [2.75, 3.05) is 11.9 Å². The van der Waals surface area contributed by atoms with Gasteiger partial charge in [0, 0.05) is 5.69 Å². The molecule has 3 atom stereocenters. The lowest BCUT2D eigenvalue weighted by molar-refractivity contribution is -0.150. The molecule has 0 aliphatic heterocycles. The van der Waals surface area contributed by atoms with E-state index in [1.54, 1.807) is 12.1 Å². The van der Waals surface area contributed by atoms with E-state index in [9.17, 15) is 9.18 Å². The zero-order chi connectivity index (χ0) is 14.2. The van der Waals surface area contributed by atoms with E-state index in [-0.39, 0.29) is 11.8 Å². The third-order valence-corrected chi connectivity index (χ3v) is 4.68. The van der Waals surface area contributed by atoms with Crippen LogP contribution in [0, 0.1) is 17.7 Å². The second-order valence-electron chi connectivity index (χ2n) is 5.91. The van der Waals surface area contributed by atoms with Gasteiger partial charge >= 0.3 is 5.97 Å². The van der Waals surface area contributed by atoms with Crippen LogP contribution in [0.15, 0.2) is 24.3 Å².